The molecule has 4 nitrogen and oxygen atoms in total. The van der Waals surface area contributed by atoms with Crippen LogP contribution in [0.5, 0.6) is 0 Å². The van der Waals surface area contributed by atoms with Gasteiger partial charge in [0.15, 0.2) is 0 Å². The normalized spacial score (nSPS) is 27.6. The standard InChI is InChI=1S/C13H24N2O2/c1-11(13(17)14-6-2-3-7-14)15-8-4-12(10-15)5-9-16/h11-12,16H,2-10H2,1H3. The molecular formula is C13H24N2O2. The maximum Gasteiger partial charge on any atom is 0.239 e. The second kappa shape index (κ2) is 5.83. The van der Waals surface area contributed by atoms with Crippen LogP contribution in [0.25, 0.3) is 0 Å². The van der Waals surface area contributed by atoms with Gasteiger partial charge in [-0.3, -0.25) is 9.69 Å². The number of carbonyl (C=O) groups is 1. The first-order valence-electron chi connectivity index (χ1n) is 6.86. The second-order valence-corrected chi connectivity index (χ2v) is 5.37. The first-order valence-corrected chi connectivity index (χ1v) is 6.86. The van der Waals surface area contributed by atoms with Crippen molar-refractivity contribution >= 4 is 5.91 Å². The summed E-state index contributed by atoms with van der Waals surface area (Å²) in [6.07, 6.45) is 4.32. The summed E-state index contributed by atoms with van der Waals surface area (Å²) in [5, 5.41) is 8.94. The number of hydrogen-bond donors (Lipinski definition) is 1. The largest absolute Gasteiger partial charge is 0.396 e. The molecule has 2 heterocycles. The molecule has 1 N–H and O–H groups in total. The predicted octanol–water partition coefficient (Wildman–Crippen LogP) is 0.702. The van der Waals surface area contributed by atoms with Crippen molar-refractivity contribution in [2.24, 2.45) is 5.92 Å². The zero-order valence-corrected chi connectivity index (χ0v) is 10.8. The van der Waals surface area contributed by atoms with Crippen LogP contribution in [0.3, 0.4) is 0 Å². The second-order valence-electron chi connectivity index (χ2n) is 5.37. The average Bonchev–Trinajstić information content (AvgIpc) is 2.98. The van der Waals surface area contributed by atoms with Crippen LogP contribution >= 0.6 is 0 Å². The van der Waals surface area contributed by atoms with Gasteiger partial charge in [0.1, 0.15) is 0 Å². The highest BCUT2D eigenvalue weighted by Crippen LogP contribution is 2.22. The summed E-state index contributed by atoms with van der Waals surface area (Å²) in [4.78, 5) is 16.5. The minimum Gasteiger partial charge on any atom is -0.396 e. The van der Waals surface area contributed by atoms with Gasteiger partial charge in [0.2, 0.25) is 5.91 Å². The lowest BCUT2D eigenvalue weighted by atomic mass is 10.1. The van der Waals surface area contributed by atoms with Crippen LogP contribution in [-0.4, -0.2) is 59.6 Å². The Balaban J connectivity index is 1.83. The Morgan fingerprint density at radius 1 is 1.35 bits per heavy atom. The number of aliphatic hydroxyl groups excluding tert-OH is 1. The SMILES string of the molecule is CC(C(=O)N1CCCC1)N1CCC(CCO)C1. The molecule has 0 radical (unpaired) electrons. The van der Waals surface area contributed by atoms with Crippen LogP contribution in [-0.2, 0) is 4.79 Å². The maximum atomic E-state index is 12.2. The lowest BCUT2D eigenvalue weighted by Gasteiger charge is -2.27. The molecular weight excluding hydrogens is 216 g/mol. The molecule has 1 amide bonds. The van der Waals surface area contributed by atoms with Gasteiger partial charge in [-0.1, -0.05) is 0 Å². The fourth-order valence-electron chi connectivity index (χ4n) is 2.99. The molecule has 0 bridgehead atoms. The third-order valence-electron chi connectivity index (χ3n) is 4.18. The maximum absolute atomic E-state index is 12.2. The Morgan fingerprint density at radius 2 is 2.06 bits per heavy atom. The quantitative estimate of drug-likeness (QED) is 0.787. The minimum atomic E-state index is 0.0248. The highest BCUT2D eigenvalue weighted by atomic mass is 16.3. The number of likely N-dealkylation sites (tertiary alicyclic amines) is 2. The summed E-state index contributed by atoms with van der Waals surface area (Å²) in [6.45, 7) is 6.16. The zero-order chi connectivity index (χ0) is 12.3. The van der Waals surface area contributed by atoms with E-state index in [0.29, 0.717) is 11.8 Å². The lowest BCUT2D eigenvalue weighted by molar-refractivity contribution is -0.135. The molecule has 2 saturated heterocycles. The summed E-state index contributed by atoms with van der Waals surface area (Å²) in [6, 6.07) is 0.0248. The van der Waals surface area contributed by atoms with Gasteiger partial charge in [0.05, 0.1) is 6.04 Å². The van der Waals surface area contributed by atoms with Gasteiger partial charge in [0.25, 0.3) is 0 Å². The Bertz CT molecular complexity index is 264. The summed E-state index contributed by atoms with van der Waals surface area (Å²) in [7, 11) is 0. The topological polar surface area (TPSA) is 43.8 Å². The predicted molar refractivity (Wildman–Crippen MR) is 66.7 cm³/mol. The molecule has 2 atom stereocenters. The average molecular weight is 240 g/mol. The van der Waals surface area contributed by atoms with Crippen molar-refractivity contribution < 1.29 is 9.90 Å². The molecule has 0 aromatic rings. The summed E-state index contributed by atoms with van der Waals surface area (Å²) in [5.74, 6) is 0.876. The molecule has 2 fully saturated rings. The van der Waals surface area contributed by atoms with E-state index in [0.717, 1.165) is 51.9 Å². The van der Waals surface area contributed by atoms with E-state index in [1.165, 1.54) is 0 Å². The Morgan fingerprint density at radius 3 is 2.71 bits per heavy atom. The molecule has 0 saturated carbocycles. The minimum absolute atomic E-state index is 0.0248. The fraction of sp³-hybridized carbons (Fsp3) is 0.923. The van der Waals surface area contributed by atoms with E-state index in [9.17, 15) is 4.79 Å². The number of hydrogen-bond acceptors (Lipinski definition) is 3. The van der Waals surface area contributed by atoms with Gasteiger partial charge < -0.3 is 10.0 Å². The Labute approximate surface area is 104 Å². The number of aliphatic hydroxyl groups is 1. The van der Waals surface area contributed by atoms with Crippen molar-refractivity contribution in [2.45, 2.75) is 38.6 Å². The van der Waals surface area contributed by atoms with Crippen LogP contribution < -0.4 is 0 Å². The summed E-state index contributed by atoms with van der Waals surface area (Å²) < 4.78 is 0. The van der Waals surface area contributed by atoms with Crippen LogP contribution in [0.1, 0.15) is 32.6 Å². The zero-order valence-electron chi connectivity index (χ0n) is 10.8. The van der Waals surface area contributed by atoms with E-state index in [1.807, 2.05) is 11.8 Å². The third-order valence-corrected chi connectivity index (χ3v) is 4.18. The molecule has 0 spiro atoms. The molecule has 2 aliphatic rings. The molecule has 0 aromatic carbocycles. The van der Waals surface area contributed by atoms with Gasteiger partial charge in [-0.25, -0.2) is 0 Å². The van der Waals surface area contributed by atoms with E-state index < -0.39 is 0 Å². The Kier molecular flexibility index (Phi) is 4.40. The molecule has 2 rings (SSSR count). The molecule has 98 valence electrons. The first-order chi connectivity index (χ1) is 8.22. The van der Waals surface area contributed by atoms with E-state index in [2.05, 4.69) is 4.90 Å². The summed E-state index contributed by atoms with van der Waals surface area (Å²) in [5.41, 5.74) is 0. The van der Waals surface area contributed by atoms with Gasteiger partial charge in [0, 0.05) is 26.2 Å². The van der Waals surface area contributed by atoms with Crippen molar-refractivity contribution in [1.82, 2.24) is 9.80 Å². The molecule has 0 aromatic heterocycles. The number of carbonyl (C=O) groups excluding carboxylic acids is 1. The van der Waals surface area contributed by atoms with Crippen LogP contribution in [0, 0.1) is 5.92 Å². The van der Waals surface area contributed by atoms with Gasteiger partial charge >= 0.3 is 0 Å². The van der Waals surface area contributed by atoms with Crippen molar-refractivity contribution in [3.05, 3.63) is 0 Å². The van der Waals surface area contributed by atoms with E-state index in [1.54, 1.807) is 0 Å². The van der Waals surface area contributed by atoms with E-state index in [4.69, 9.17) is 5.11 Å². The lowest BCUT2D eigenvalue weighted by Crippen LogP contribution is -2.45. The Hall–Kier alpha value is -0.610. The third kappa shape index (κ3) is 2.99. The molecule has 2 aliphatic heterocycles. The monoisotopic (exact) mass is 240 g/mol. The first kappa shape index (κ1) is 12.8. The molecule has 2 unspecified atom stereocenters. The number of nitrogens with zero attached hydrogens (tertiary/aromatic N) is 2. The van der Waals surface area contributed by atoms with E-state index >= 15 is 0 Å². The van der Waals surface area contributed by atoms with Gasteiger partial charge in [-0.15, -0.1) is 0 Å². The van der Waals surface area contributed by atoms with Crippen LogP contribution in [0.15, 0.2) is 0 Å². The van der Waals surface area contributed by atoms with Crippen molar-refractivity contribution in [3.8, 4) is 0 Å². The molecule has 0 aliphatic carbocycles. The highest BCUT2D eigenvalue weighted by molar-refractivity contribution is 5.81. The fourth-order valence-corrected chi connectivity index (χ4v) is 2.99. The van der Waals surface area contributed by atoms with Crippen molar-refractivity contribution in [1.29, 1.82) is 0 Å². The molecule has 17 heavy (non-hydrogen) atoms. The van der Waals surface area contributed by atoms with E-state index in [-0.39, 0.29) is 12.6 Å². The van der Waals surface area contributed by atoms with Gasteiger partial charge in [-0.2, -0.15) is 0 Å². The summed E-state index contributed by atoms with van der Waals surface area (Å²) >= 11 is 0. The highest BCUT2D eigenvalue weighted by Gasteiger charge is 2.32. The van der Waals surface area contributed by atoms with Crippen molar-refractivity contribution in [2.75, 3.05) is 32.8 Å². The van der Waals surface area contributed by atoms with Crippen molar-refractivity contribution in [3.63, 3.8) is 0 Å². The molecule has 4 heteroatoms. The smallest absolute Gasteiger partial charge is 0.239 e. The number of amides is 1. The van der Waals surface area contributed by atoms with Crippen LogP contribution in [0.2, 0.25) is 0 Å². The van der Waals surface area contributed by atoms with Crippen LogP contribution in [0.4, 0.5) is 0 Å². The van der Waals surface area contributed by atoms with Gasteiger partial charge in [-0.05, 0) is 45.1 Å². The number of rotatable bonds is 4.